The summed E-state index contributed by atoms with van der Waals surface area (Å²) in [5.74, 6) is -0.315. The molecule has 0 saturated carbocycles. The van der Waals surface area contributed by atoms with Crippen molar-refractivity contribution < 1.29 is 13.9 Å². The molecule has 3 aromatic rings. The maximum atomic E-state index is 12.1. The van der Waals surface area contributed by atoms with E-state index in [4.69, 9.17) is 9.15 Å². The van der Waals surface area contributed by atoms with Crippen LogP contribution < -0.4 is 0 Å². The number of esters is 1. The summed E-state index contributed by atoms with van der Waals surface area (Å²) in [4.78, 5) is 12.1. The van der Waals surface area contributed by atoms with Gasteiger partial charge >= 0.3 is 5.97 Å². The molecule has 2 aromatic carbocycles. The average Bonchev–Trinajstić information content (AvgIpc) is 2.74. The predicted octanol–water partition coefficient (Wildman–Crippen LogP) is 4.54. The number of para-hydroxylation sites is 1. The van der Waals surface area contributed by atoms with Crippen LogP contribution in [0.25, 0.3) is 21.9 Å². The number of rotatable bonds is 1. The highest BCUT2D eigenvalue weighted by Crippen LogP contribution is 2.29. The number of furan rings is 1. The van der Waals surface area contributed by atoms with Crippen LogP contribution in [0.1, 0.15) is 31.1 Å². The molecule has 0 aliphatic rings. The van der Waals surface area contributed by atoms with Crippen LogP contribution in [0.15, 0.2) is 46.9 Å². The van der Waals surface area contributed by atoms with Gasteiger partial charge in [-0.3, -0.25) is 0 Å². The first-order valence-electron chi connectivity index (χ1n) is 6.59. The van der Waals surface area contributed by atoms with Crippen LogP contribution in [0.2, 0.25) is 0 Å². The molecule has 3 nitrogen and oxygen atoms in total. The van der Waals surface area contributed by atoms with Crippen LogP contribution in [0.3, 0.4) is 0 Å². The minimum Gasteiger partial charge on any atom is -0.456 e. The molecule has 0 fully saturated rings. The Morgan fingerprint density at radius 1 is 1.00 bits per heavy atom. The van der Waals surface area contributed by atoms with Crippen molar-refractivity contribution in [2.45, 2.75) is 26.4 Å². The summed E-state index contributed by atoms with van der Waals surface area (Å²) < 4.78 is 11.1. The van der Waals surface area contributed by atoms with Crippen molar-refractivity contribution in [1.82, 2.24) is 0 Å². The number of hydrogen-bond acceptors (Lipinski definition) is 3. The maximum Gasteiger partial charge on any atom is 0.338 e. The van der Waals surface area contributed by atoms with Gasteiger partial charge in [0.15, 0.2) is 0 Å². The van der Waals surface area contributed by atoms with E-state index in [1.807, 2.05) is 57.2 Å². The van der Waals surface area contributed by atoms with Gasteiger partial charge in [-0.25, -0.2) is 4.79 Å². The van der Waals surface area contributed by atoms with Crippen molar-refractivity contribution >= 4 is 27.9 Å². The Labute approximate surface area is 117 Å². The van der Waals surface area contributed by atoms with Crippen LogP contribution >= 0.6 is 0 Å². The van der Waals surface area contributed by atoms with Crippen LogP contribution in [-0.2, 0) is 4.74 Å². The number of carbonyl (C=O) groups is 1. The minimum atomic E-state index is -0.496. The zero-order valence-electron chi connectivity index (χ0n) is 11.8. The topological polar surface area (TPSA) is 39.4 Å². The maximum absolute atomic E-state index is 12.1. The lowest BCUT2D eigenvalue weighted by Gasteiger charge is -2.19. The van der Waals surface area contributed by atoms with Gasteiger partial charge in [-0.15, -0.1) is 0 Å². The Balaban J connectivity index is 2.10. The van der Waals surface area contributed by atoms with Crippen molar-refractivity contribution in [2.75, 3.05) is 0 Å². The Bertz CT molecular complexity index is 791. The van der Waals surface area contributed by atoms with Gasteiger partial charge in [0.05, 0.1) is 5.56 Å². The fourth-order valence-corrected chi connectivity index (χ4v) is 2.19. The molecule has 0 bridgehead atoms. The summed E-state index contributed by atoms with van der Waals surface area (Å²) in [6.07, 6.45) is 0. The van der Waals surface area contributed by atoms with Crippen LogP contribution in [0, 0.1) is 0 Å². The fraction of sp³-hybridized carbons (Fsp3) is 0.235. The zero-order chi connectivity index (χ0) is 14.3. The number of ether oxygens (including phenoxy) is 1. The lowest BCUT2D eigenvalue weighted by Crippen LogP contribution is -2.23. The van der Waals surface area contributed by atoms with E-state index in [-0.39, 0.29) is 5.97 Å². The van der Waals surface area contributed by atoms with E-state index in [9.17, 15) is 4.79 Å². The molecule has 3 rings (SSSR count). The highest BCUT2D eigenvalue weighted by Gasteiger charge is 2.18. The zero-order valence-corrected chi connectivity index (χ0v) is 11.8. The normalized spacial score (nSPS) is 11.9. The molecule has 0 radical (unpaired) electrons. The molecule has 0 saturated heterocycles. The van der Waals surface area contributed by atoms with E-state index in [1.165, 1.54) is 0 Å². The number of carbonyl (C=O) groups excluding carboxylic acids is 1. The first-order valence-corrected chi connectivity index (χ1v) is 6.59. The third-order valence-corrected chi connectivity index (χ3v) is 3.01. The highest BCUT2D eigenvalue weighted by atomic mass is 16.6. The monoisotopic (exact) mass is 268 g/mol. The third kappa shape index (κ3) is 2.27. The quantitative estimate of drug-likeness (QED) is 0.608. The molecule has 0 aliphatic carbocycles. The van der Waals surface area contributed by atoms with Crippen LogP contribution in [0.5, 0.6) is 0 Å². The third-order valence-electron chi connectivity index (χ3n) is 3.01. The molecule has 20 heavy (non-hydrogen) atoms. The van der Waals surface area contributed by atoms with Crippen molar-refractivity contribution in [3.8, 4) is 0 Å². The summed E-state index contributed by atoms with van der Waals surface area (Å²) in [7, 11) is 0. The predicted molar refractivity (Wildman–Crippen MR) is 78.9 cm³/mol. The average molecular weight is 268 g/mol. The summed E-state index contributed by atoms with van der Waals surface area (Å²) in [5.41, 5.74) is 1.64. The standard InChI is InChI=1S/C17H16O3/c1-17(2,3)20-16(18)11-8-9-15-13(10-11)12-6-4-5-7-14(12)19-15/h4-10H,1-3H3. The molecule has 3 heteroatoms. The highest BCUT2D eigenvalue weighted by molar-refractivity contribution is 6.07. The summed E-state index contributed by atoms with van der Waals surface area (Å²) >= 11 is 0. The molecule has 0 atom stereocenters. The van der Waals surface area contributed by atoms with Gasteiger partial charge in [-0.2, -0.15) is 0 Å². The molecule has 1 heterocycles. The van der Waals surface area contributed by atoms with E-state index in [2.05, 4.69) is 0 Å². The number of hydrogen-bond donors (Lipinski definition) is 0. The Kier molecular flexibility index (Phi) is 2.78. The van der Waals surface area contributed by atoms with E-state index in [1.54, 1.807) is 6.07 Å². The molecule has 102 valence electrons. The molecule has 0 aliphatic heterocycles. The second kappa shape index (κ2) is 4.37. The summed E-state index contributed by atoms with van der Waals surface area (Å²) in [6, 6.07) is 13.2. The Morgan fingerprint density at radius 2 is 1.70 bits per heavy atom. The van der Waals surface area contributed by atoms with Crippen molar-refractivity contribution in [3.05, 3.63) is 48.0 Å². The van der Waals surface area contributed by atoms with Crippen LogP contribution in [-0.4, -0.2) is 11.6 Å². The van der Waals surface area contributed by atoms with E-state index < -0.39 is 5.60 Å². The van der Waals surface area contributed by atoms with Crippen molar-refractivity contribution in [1.29, 1.82) is 0 Å². The van der Waals surface area contributed by atoms with Gasteiger partial charge in [0.1, 0.15) is 16.8 Å². The molecular formula is C17H16O3. The van der Waals surface area contributed by atoms with Gasteiger partial charge in [0, 0.05) is 10.8 Å². The second-order valence-electron chi connectivity index (χ2n) is 5.81. The largest absolute Gasteiger partial charge is 0.456 e. The Morgan fingerprint density at radius 3 is 2.45 bits per heavy atom. The lowest BCUT2D eigenvalue weighted by molar-refractivity contribution is 0.00697. The smallest absolute Gasteiger partial charge is 0.338 e. The van der Waals surface area contributed by atoms with Crippen molar-refractivity contribution in [2.24, 2.45) is 0 Å². The Hall–Kier alpha value is -2.29. The van der Waals surface area contributed by atoms with Gasteiger partial charge < -0.3 is 9.15 Å². The molecule has 0 amide bonds. The second-order valence-corrected chi connectivity index (χ2v) is 5.81. The van der Waals surface area contributed by atoms with Gasteiger partial charge in [-0.05, 0) is 45.0 Å². The SMILES string of the molecule is CC(C)(C)OC(=O)c1ccc2oc3ccccc3c2c1. The van der Waals surface area contributed by atoms with Crippen molar-refractivity contribution in [3.63, 3.8) is 0 Å². The molecular weight excluding hydrogens is 252 g/mol. The van der Waals surface area contributed by atoms with Gasteiger partial charge in [-0.1, -0.05) is 18.2 Å². The fourth-order valence-electron chi connectivity index (χ4n) is 2.19. The van der Waals surface area contributed by atoms with Crippen LogP contribution in [0.4, 0.5) is 0 Å². The lowest BCUT2D eigenvalue weighted by atomic mass is 10.1. The number of benzene rings is 2. The summed E-state index contributed by atoms with van der Waals surface area (Å²) in [6.45, 7) is 5.57. The van der Waals surface area contributed by atoms with E-state index in [0.717, 1.165) is 21.9 Å². The first-order chi connectivity index (χ1) is 9.44. The van der Waals surface area contributed by atoms with E-state index >= 15 is 0 Å². The molecule has 0 N–H and O–H groups in total. The molecule has 0 unspecified atom stereocenters. The van der Waals surface area contributed by atoms with Gasteiger partial charge in [0.2, 0.25) is 0 Å². The minimum absolute atomic E-state index is 0.315. The van der Waals surface area contributed by atoms with Gasteiger partial charge in [0.25, 0.3) is 0 Å². The molecule has 0 spiro atoms. The molecule has 1 aromatic heterocycles. The van der Waals surface area contributed by atoms with E-state index in [0.29, 0.717) is 5.56 Å². The first kappa shape index (κ1) is 12.7. The summed E-state index contributed by atoms with van der Waals surface area (Å²) in [5, 5.41) is 1.94. The number of fused-ring (bicyclic) bond motifs is 3.